The van der Waals surface area contributed by atoms with Gasteiger partial charge in [-0.3, -0.25) is 0 Å². The summed E-state index contributed by atoms with van der Waals surface area (Å²) in [6, 6.07) is 10.3. The number of nitrogens with one attached hydrogen (secondary N) is 2. The van der Waals surface area contributed by atoms with Crippen LogP contribution in [0.2, 0.25) is 0 Å². The van der Waals surface area contributed by atoms with Gasteiger partial charge in [-0.2, -0.15) is 0 Å². The van der Waals surface area contributed by atoms with Gasteiger partial charge in [-0.15, -0.1) is 0 Å². The fourth-order valence-corrected chi connectivity index (χ4v) is 2.21. The van der Waals surface area contributed by atoms with Crippen LogP contribution in [0, 0.1) is 3.57 Å². The molecule has 108 valence electrons. The molecule has 2 aromatic carbocycles. The van der Waals surface area contributed by atoms with Crippen LogP contribution in [-0.4, -0.2) is 22.2 Å². The zero-order valence-corrected chi connectivity index (χ0v) is 12.8. The van der Waals surface area contributed by atoms with E-state index in [2.05, 4.69) is 33.2 Å². The SMILES string of the molecule is O=C(Nc1cccc(I)c1)Nc1ccc(O)cc1C(=O)O. The van der Waals surface area contributed by atoms with Gasteiger partial charge in [-0.05, 0) is 59.0 Å². The van der Waals surface area contributed by atoms with Gasteiger partial charge in [0.25, 0.3) is 0 Å². The highest BCUT2D eigenvalue weighted by atomic mass is 127. The standard InChI is InChI=1S/C14H11IN2O4/c15-8-2-1-3-9(6-8)16-14(21)17-12-5-4-10(18)7-11(12)13(19)20/h1-7,18H,(H,19,20)(H2,16,17,21). The fraction of sp³-hybridized carbons (Fsp3) is 0. The molecule has 0 spiro atoms. The summed E-state index contributed by atoms with van der Waals surface area (Å²) < 4.78 is 0.959. The number of phenols is 1. The molecule has 0 radical (unpaired) electrons. The van der Waals surface area contributed by atoms with Crippen molar-refractivity contribution >= 4 is 46.0 Å². The third-order valence-electron chi connectivity index (χ3n) is 2.56. The molecule has 0 atom stereocenters. The van der Waals surface area contributed by atoms with E-state index in [0.29, 0.717) is 5.69 Å². The van der Waals surface area contributed by atoms with Crippen LogP contribution in [0.5, 0.6) is 5.75 Å². The molecule has 2 rings (SSSR count). The first kappa shape index (κ1) is 15.1. The Bertz CT molecular complexity index is 703. The van der Waals surface area contributed by atoms with E-state index in [4.69, 9.17) is 5.11 Å². The number of hydrogen-bond acceptors (Lipinski definition) is 3. The van der Waals surface area contributed by atoms with E-state index in [1.165, 1.54) is 12.1 Å². The van der Waals surface area contributed by atoms with Crippen molar-refractivity contribution in [1.82, 2.24) is 0 Å². The molecular weight excluding hydrogens is 387 g/mol. The number of urea groups is 1. The quantitative estimate of drug-likeness (QED) is 0.471. The van der Waals surface area contributed by atoms with Crippen LogP contribution in [0.15, 0.2) is 42.5 Å². The molecule has 0 bridgehead atoms. The molecule has 21 heavy (non-hydrogen) atoms. The van der Waals surface area contributed by atoms with Crippen molar-refractivity contribution in [3.8, 4) is 5.75 Å². The minimum Gasteiger partial charge on any atom is -0.508 e. The number of benzene rings is 2. The van der Waals surface area contributed by atoms with Gasteiger partial charge in [0.15, 0.2) is 0 Å². The molecule has 2 aromatic rings. The number of phenolic OH excluding ortho intramolecular Hbond substituents is 1. The first-order valence-corrected chi connectivity index (χ1v) is 6.93. The van der Waals surface area contributed by atoms with E-state index in [9.17, 15) is 14.7 Å². The van der Waals surface area contributed by atoms with Crippen LogP contribution >= 0.6 is 22.6 Å². The molecule has 0 aliphatic rings. The zero-order chi connectivity index (χ0) is 15.4. The van der Waals surface area contributed by atoms with Gasteiger partial charge in [0.1, 0.15) is 5.75 Å². The molecule has 0 saturated heterocycles. The third-order valence-corrected chi connectivity index (χ3v) is 3.24. The Morgan fingerprint density at radius 2 is 1.81 bits per heavy atom. The van der Waals surface area contributed by atoms with Crippen molar-refractivity contribution in [1.29, 1.82) is 0 Å². The van der Waals surface area contributed by atoms with E-state index >= 15 is 0 Å². The topological polar surface area (TPSA) is 98.7 Å². The van der Waals surface area contributed by atoms with Crippen LogP contribution in [-0.2, 0) is 0 Å². The summed E-state index contributed by atoms with van der Waals surface area (Å²) >= 11 is 2.12. The van der Waals surface area contributed by atoms with Gasteiger partial charge in [-0.1, -0.05) is 6.07 Å². The van der Waals surface area contributed by atoms with Gasteiger partial charge >= 0.3 is 12.0 Å². The molecule has 7 heteroatoms. The number of carboxylic acid groups (broad SMARTS) is 1. The van der Waals surface area contributed by atoms with Gasteiger partial charge in [0.05, 0.1) is 11.3 Å². The second-order valence-corrected chi connectivity index (χ2v) is 5.37. The summed E-state index contributed by atoms with van der Waals surface area (Å²) in [4.78, 5) is 22.9. The number of amides is 2. The minimum atomic E-state index is -1.24. The van der Waals surface area contributed by atoms with Crippen molar-refractivity contribution in [3.05, 3.63) is 51.6 Å². The lowest BCUT2D eigenvalue weighted by molar-refractivity contribution is 0.0697. The number of carboxylic acids is 1. The lowest BCUT2D eigenvalue weighted by Crippen LogP contribution is -2.21. The Labute approximate surface area is 133 Å². The summed E-state index contributed by atoms with van der Waals surface area (Å²) in [5, 5.41) is 23.4. The number of hydrogen-bond donors (Lipinski definition) is 4. The maximum atomic E-state index is 11.9. The van der Waals surface area contributed by atoms with Crippen molar-refractivity contribution < 1.29 is 19.8 Å². The maximum Gasteiger partial charge on any atom is 0.337 e. The van der Waals surface area contributed by atoms with Crippen LogP contribution in [0.4, 0.5) is 16.2 Å². The van der Waals surface area contributed by atoms with Crippen molar-refractivity contribution in [2.24, 2.45) is 0 Å². The molecule has 0 aliphatic carbocycles. The minimum absolute atomic E-state index is 0.100. The molecule has 0 saturated carbocycles. The lowest BCUT2D eigenvalue weighted by atomic mass is 10.1. The summed E-state index contributed by atoms with van der Waals surface area (Å²) in [6.45, 7) is 0. The third kappa shape index (κ3) is 4.09. The molecule has 0 unspecified atom stereocenters. The average Bonchev–Trinajstić information content (AvgIpc) is 2.40. The number of aromatic hydroxyl groups is 1. The van der Waals surface area contributed by atoms with Crippen LogP contribution < -0.4 is 10.6 Å². The molecule has 0 aliphatic heterocycles. The zero-order valence-electron chi connectivity index (χ0n) is 10.6. The Kier molecular flexibility index (Phi) is 4.63. The number of aromatic carboxylic acids is 1. The van der Waals surface area contributed by atoms with E-state index in [-0.39, 0.29) is 17.0 Å². The fourth-order valence-electron chi connectivity index (χ4n) is 1.67. The van der Waals surface area contributed by atoms with Crippen molar-refractivity contribution in [2.45, 2.75) is 0 Å². The monoisotopic (exact) mass is 398 g/mol. The molecule has 0 aromatic heterocycles. The lowest BCUT2D eigenvalue weighted by Gasteiger charge is -2.10. The van der Waals surface area contributed by atoms with Crippen LogP contribution in [0.3, 0.4) is 0 Å². The molecule has 0 fully saturated rings. The first-order valence-electron chi connectivity index (χ1n) is 5.85. The van der Waals surface area contributed by atoms with Gasteiger partial charge in [0.2, 0.25) is 0 Å². The number of carbonyl (C=O) groups excluding carboxylic acids is 1. The van der Waals surface area contributed by atoms with Crippen LogP contribution in [0.1, 0.15) is 10.4 Å². The van der Waals surface area contributed by atoms with Crippen LogP contribution in [0.25, 0.3) is 0 Å². The van der Waals surface area contributed by atoms with Gasteiger partial charge in [0, 0.05) is 9.26 Å². The number of carbonyl (C=O) groups is 2. The van der Waals surface area contributed by atoms with Crippen molar-refractivity contribution in [2.75, 3.05) is 10.6 Å². The molecule has 0 heterocycles. The van der Waals surface area contributed by atoms with Gasteiger partial charge in [-0.25, -0.2) is 9.59 Å². The summed E-state index contributed by atoms with van der Waals surface area (Å²) in [6.07, 6.45) is 0. The van der Waals surface area contributed by atoms with Crippen molar-refractivity contribution in [3.63, 3.8) is 0 Å². The second-order valence-electron chi connectivity index (χ2n) is 4.12. The predicted octanol–water partition coefficient (Wildman–Crippen LogP) is 3.34. The highest BCUT2D eigenvalue weighted by molar-refractivity contribution is 14.1. The highest BCUT2D eigenvalue weighted by Gasteiger charge is 2.13. The normalized spacial score (nSPS) is 9.95. The Hall–Kier alpha value is -2.29. The highest BCUT2D eigenvalue weighted by Crippen LogP contribution is 2.21. The first-order chi connectivity index (χ1) is 9.95. The summed E-state index contributed by atoms with van der Waals surface area (Å²) in [5.41, 5.74) is 0.506. The number of halogens is 1. The van der Waals surface area contributed by atoms with Gasteiger partial charge < -0.3 is 20.8 Å². The smallest absolute Gasteiger partial charge is 0.337 e. The van der Waals surface area contributed by atoms with E-state index in [0.717, 1.165) is 9.64 Å². The number of anilines is 2. The predicted molar refractivity (Wildman–Crippen MR) is 86.9 cm³/mol. The Morgan fingerprint density at radius 3 is 2.48 bits per heavy atom. The molecular formula is C14H11IN2O4. The Balaban J connectivity index is 2.15. The summed E-state index contributed by atoms with van der Waals surface area (Å²) in [7, 11) is 0. The van der Waals surface area contributed by atoms with E-state index < -0.39 is 12.0 Å². The van der Waals surface area contributed by atoms with E-state index in [1.54, 1.807) is 18.2 Å². The Morgan fingerprint density at radius 1 is 1.05 bits per heavy atom. The largest absolute Gasteiger partial charge is 0.508 e. The second kappa shape index (κ2) is 6.44. The number of rotatable bonds is 3. The molecule has 4 N–H and O–H groups in total. The summed E-state index contributed by atoms with van der Waals surface area (Å²) in [5.74, 6) is -1.42. The molecule has 6 nitrogen and oxygen atoms in total. The molecule has 2 amide bonds. The average molecular weight is 398 g/mol. The van der Waals surface area contributed by atoms with E-state index in [1.807, 2.05) is 6.07 Å². The maximum absolute atomic E-state index is 11.9.